The lowest BCUT2D eigenvalue weighted by Gasteiger charge is -2.13. The van der Waals surface area contributed by atoms with E-state index in [4.69, 9.17) is 0 Å². The minimum atomic E-state index is -3.21. The van der Waals surface area contributed by atoms with Gasteiger partial charge in [-0.25, -0.2) is 12.8 Å². The topological polar surface area (TPSA) is 63.2 Å². The molecule has 130 valence electrons. The second-order valence-electron chi connectivity index (χ2n) is 5.65. The summed E-state index contributed by atoms with van der Waals surface area (Å²) in [5.74, 6) is -0.103. The molecule has 0 aromatic heterocycles. The van der Waals surface area contributed by atoms with E-state index in [1.807, 2.05) is 12.1 Å². The van der Waals surface area contributed by atoms with Gasteiger partial charge in [-0.15, -0.1) is 11.8 Å². The van der Waals surface area contributed by atoms with Gasteiger partial charge in [-0.05, 0) is 35.9 Å². The number of carbonyl (C=O) groups is 1. The number of hydrogen-bond acceptors (Lipinski definition) is 4. The number of sulfone groups is 1. The molecule has 1 amide bonds. The Labute approximate surface area is 150 Å². The standard InChI is InChI=1S/C18H16FNO3S2/c19-14-7-5-13(6-8-14)11-24-17-4-2-1-3-16(17)18(21)20-15-9-10-25(22,23)12-15/h1-10,15H,11-12H2,(H,20,21)/t15-/m0/s1. The molecule has 1 aliphatic heterocycles. The van der Waals surface area contributed by atoms with Gasteiger partial charge < -0.3 is 5.32 Å². The molecule has 0 aliphatic carbocycles. The number of hydrogen-bond donors (Lipinski definition) is 1. The van der Waals surface area contributed by atoms with Crippen LogP contribution in [-0.2, 0) is 15.6 Å². The van der Waals surface area contributed by atoms with Crippen molar-refractivity contribution in [2.75, 3.05) is 5.75 Å². The summed E-state index contributed by atoms with van der Waals surface area (Å²) in [5.41, 5.74) is 1.44. The fraction of sp³-hybridized carbons (Fsp3) is 0.167. The molecular formula is C18H16FNO3S2. The van der Waals surface area contributed by atoms with Gasteiger partial charge in [0.2, 0.25) is 0 Å². The Balaban J connectivity index is 1.69. The van der Waals surface area contributed by atoms with Crippen molar-refractivity contribution in [2.45, 2.75) is 16.7 Å². The summed E-state index contributed by atoms with van der Waals surface area (Å²) >= 11 is 1.47. The maximum atomic E-state index is 13.0. The molecule has 0 spiro atoms. The van der Waals surface area contributed by atoms with Crippen LogP contribution in [-0.4, -0.2) is 26.1 Å². The molecule has 0 saturated carbocycles. The lowest BCUT2D eigenvalue weighted by Crippen LogP contribution is -2.35. The highest BCUT2D eigenvalue weighted by atomic mass is 32.2. The summed E-state index contributed by atoms with van der Waals surface area (Å²) < 4.78 is 35.8. The van der Waals surface area contributed by atoms with Crippen LogP contribution in [0, 0.1) is 5.82 Å². The molecule has 1 N–H and O–H groups in total. The third-order valence-corrected chi connectivity index (χ3v) is 6.23. The number of carbonyl (C=O) groups excluding carboxylic acids is 1. The third-order valence-electron chi connectivity index (χ3n) is 3.69. The van der Waals surface area contributed by atoms with E-state index in [1.54, 1.807) is 24.3 Å². The summed E-state index contributed by atoms with van der Waals surface area (Å²) in [6, 6.07) is 12.9. The van der Waals surface area contributed by atoms with E-state index in [1.165, 1.54) is 30.0 Å². The molecular weight excluding hydrogens is 361 g/mol. The monoisotopic (exact) mass is 377 g/mol. The summed E-state index contributed by atoms with van der Waals surface area (Å²) in [5, 5.41) is 3.86. The van der Waals surface area contributed by atoms with Crippen LogP contribution in [0.2, 0.25) is 0 Å². The molecule has 0 saturated heterocycles. The molecule has 7 heteroatoms. The summed E-state index contributed by atoms with van der Waals surface area (Å²) in [7, 11) is -3.21. The number of thioether (sulfide) groups is 1. The molecule has 2 aromatic carbocycles. The lowest BCUT2D eigenvalue weighted by molar-refractivity contribution is 0.0944. The molecule has 2 aromatic rings. The van der Waals surface area contributed by atoms with E-state index >= 15 is 0 Å². The van der Waals surface area contributed by atoms with Crippen molar-refractivity contribution in [2.24, 2.45) is 0 Å². The molecule has 1 heterocycles. The summed E-state index contributed by atoms with van der Waals surface area (Å²) in [6.45, 7) is 0. The highest BCUT2D eigenvalue weighted by molar-refractivity contribution is 7.98. The van der Waals surface area contributed by atoms with Crippen molar-refractivity contribution in [1.29, 1.82) is 0 Å². The number of rotatable bonds is 5. The number of benzene rings is 2. The molecule has 25 heavy (non-hydrogen) atoms. The zero-order valence-corrected chi connectivity index (χ0v) is 14.8. The van der Waals surface area contributed by atoms with Crippen molar-refractivity contribution < 1.29 is 17.6 Å². The van der Waals surface area contributed by atoms with Crippen molar-refractivity contribution >= 4 is 27.5 Å². The molecule has 1 atom stereocenters. The first kappa shape index (κ1) is 17.7. The lowest BCUT2D eigenvalue weighted by atomic mass is 10.2. The first-order valence-electron chi connectivity index (χ1n) is 7.61. The summed E-state index contributed by atoms with van der Waals surface area (Å²) in [6.07, 6.45) is 1.49. The quantitative estimate of drug-likeness (QED) is 0.813. The Kier molecular flexibility index (Phi) is 5.24. The average Bonchev–Trinajstić information content (AvgIpc) is 2.93. The Bertz CT molecular complexity index is 908. The summed E-state index contributed by atoms with van der Waals surface area (Å²) in [4.78, 5) is 13.3. The minimum Gasteiger partial charge on any atom is -0.345 e. The molecule has 0 radical (unpaired) electrons. The molecule has 0 unspecified atom stereocenters. The Morgan fingerprint density at radius 2 is 1.88 bits per heavy atom. The van der Waals surface area contributed by atoms with Crippen LogP contribution in [0.15, 0.2) is 64.9 Å². The van der Waals surface area contributed by atoms with Crippen LogP contribution in [0.3, 0.4) is 0 Å². The number of halogens is 1. The fourth-order valence-electron chi connectivity index (χ4n) is 2.43. The predicted molar refractivity (Wildman–Crippen MR) is 96.6 cm³/mol. The van der Waals surface area contributed by atoms with E-state index in [2.05, 4.69) is 5.32 Å². The van der Waals surface area contributed by atoms with Gasteiger partial charge in [0.15, 0.2) is 9.84 Å². The number of amides is 1. The molecule has 1 aliphatic rings. The zero-order chi connectivity index (χ0) is 17.9. The highest BCUT2D eigenvalue weighted by Gasteiger charge is 2.24. The van der Waals surface area contributed by atoms with Crippen LogP contribution in [0.25, 0.3) is 0 Å². The van der Waals surface area contributed by atoms with Crippen LogP contribution < -0.4 is 5.32 Å². The molecule has 0 bridgehead atoms. The van der Waals surface area contributed by atoms with Crippen LogP contribution in [0.4, 0.5) is 4.39 Å². The average molecular weight is 377 g/mol. The van der Waals surface area contributed by atoms with Gasteiger partial charge in [0.1, 0.15) is 5.82 Å². The normalized spacial score (nSPS) is 18.2. The van der Waals surface area contributed by atoms with Gasteiger partial charge in [0.05, 0.1) is 17.4 Å². The van der Waals surface area contributed by atoms with Gasteiger partial charge in [0, 0.05) is 16.1 Å². The van der Waals surface area contributed by atoms with E-state index in [0.717, 1.165) is 15.9 Å². The molecule has 4 nitrogen and oxygen atoms in total. The number of nitrogens with one attached hydrogen (secondary N) is 1. The van der Waals surface area contributed by atoms with Gasteiger partial charge >= 0.3 is 0 Å². The van der Waals surface area contributed by atoms with Gasteiger partial charge in [0.25, 0.3) is 5.91 Å². The maximum Gasteiger partial charge on any atom is 0.252 e. The second kappa shape index (κ2) is 7.41. The first-order chi connectivity index (χ1) is 11.9. The third kappa shape index (κ3) is 4.70. The van der Waals surface area contributed by atoms with Crippen molar-refractivity contribution in [3.63, 3.8) is 0 Å². The fourth-order valence-corrected chi connectivity index (χ4v) is 4.67. The predicted octanol–water partition coefficient (Wildman–Crippen LogP) is 3.16. The van der Waals surface area contributed by atoms with E-state index < -0.39 is 15.9 Å². The van der Waals surface area contributed by atoms with E-state index in [9.17, 15) is 17.6 Å². The SMILES string of the molecule is O=C(N[C@H]1C=CS(=O)(=O)C1)c1ccccc1SCc1ccc(F)cc1. The van der Waals surface area contributed by atoms with Gasteiger partial charge in [-0.1, -0.05) is 24.3 Å². The van der Waals surface area contributed by atoms with E-state index in [0.29, 0.717) is 11.3 Å². The smallest absolute Gasteiger partial charge is 0.252 e. The zero-order valence-electron chi connectivity index (χ0n) is 13.2. The molecule has 3 rings (SSSR count). The van der Waals surface area contributed by atoms with Crippen molar-refractivity contribution in [3.05, 3.63) is 77.0 Å². The highest BCUT2D eigenvalue weighted by Crippen LogP contribution is 2.26. The molecule has 0 fully saturated rings. The maximum absolute atomic E-state index is 13.0. The van der Waals surface area contributed by atoms with E-state index in [-0.39, 0.29) is 17.5 Å². The minimum absolute atomic E-state index is 0.108. The second-order valence-corrected chi connectivity index (χ2v) is 8.60. The first-order valence-corrected chi connectivity index (χ1v) is 10.3. The van der Waals surface area contributed by atoms with Gasteiger partial charge in [-0.3, -0.25) is 4.79 Å². The van der Waals surface area contributed by atoms with Gasteiger partial charge in [-0.2, -0.15) is 0 Å². The largest absolute Gasteiger partial charge is 0.345 e. The van der Waals surface area contributed by atoms with Crippen LogP contribution >= 0.6 is 11.8 Å². The van der Waals surface area contributed by atoms with Crippen molar-refractivity contribution in [1.82, 2.24) is 5.32 Å². The Morgan fingerprint density at radius 3 is 2.56 bits per heavy atom. The van der Waals surface area contributed by atoms with Crippen LogP contribution in [0.5, 0.6) is 0 Å². The van der Waals surface area contributed by atoms with Crippen LogP contribution in [0.1, 0.15) is 15.9 Å². The Morgan fingerprint density at radius 1 is 1.16 bits per heavy atom. The Hall–Kier alpha value is -2.12. The van der Waals surface area contributed by atoms with Crippen molar-refractivity contribution in [3.8, 4) is 0 Å².